The minimum absolute atomic E-state index is 0.487. The summed E-state index contributed by atoms with van der Waals surface area (Å²) >= 11 is 0. The van der Waals surface area contributed by atoms with Gasteiger partial charge in [-0.1, -0.05) is 35.9 Å². The number of ether oxygens (including phenoxy) is 1. The summed E-state index contributed by atoms with van der Waals surface area (Å²) in [5, 5.41) is 3.62. The summed E-state index contributed by atoms with van der Waals surface area (Å²) in [6.07, 6.45) is 2.38. The van der Waals surface area contributed by atoms with Gasteiger partial charge >= 0.3 is 0 Å². The van der Waals surface area contributed by atoms with Crippen LogP contribution in [0.4, 0.5) is 0 Å². The Balaban J connectivity index is 1.50. The predicted octanol–water partition coefficient (Wildman–Crippen LogP) is 3.96. The SMILES string of the molecule is Cc1cccc(OCCNC2CCc3ccc(C)cc32)c1. The fourth-order valence-corrected chi connectivity index (χ4v) is 3.04. The molecule has 2 aromatic rings. The molecule has 0 saturated carbocycles. The van der Waals surface area contributed by atoms with Crippen molar-refractivity contribution in [2.45, 2.75) is 32.7 Å². The number of aryl methyl sites for hydroxylation is 3. The molecule has 2 aromatic carbocycles. The number of nitrogens with one attached hydrogen (secondary N) is 1. The van der Waals surface area contributed by atoms with Crippen molar-refractivity contribution in [3.8, 4) is 5.75 Å². The minimum atomic E-state index is 0.487. The Morgan fingerprint density at radius 1 is 1.10 bits per heavy atom. The maximum Gasteiger partial charge on any atom is 0.119 e. The van der Waals surface area contributed by atoms with E-state index in [0.29, 0.717) is 12.6 Å². The Labute approximate surface area is 127 Å². The molecule has 0 radical (unpaired) electrons. The first-order valence-corrected chi connectivity index (χ1v) is 7.74. The van der Waals surface area contributed by atoms with Crippen molar-refractivity contribution in [1.82, 2.24) is 5.32 Å². The second kappa shape index (κ2) is 6.31. The fraction of sp³-hybridized carbons (Fsp3) is 0.368. The molecular weight excluding hydrogens is 258 g/mol. The van der Waals surface area contributed by atoms with E-state index in [1.54, 1.807) is 0 Å². The lowest BCUT2D eigenvalue weighted by Crippen LogP contribution is -2.24. The highest BCUT2D eigenvalue weighted by molar-refractivity contribution is 5.37. The first-order valence-electron chi connectivity index (χ1n) is 7.74. The van der Waals surface area contributed by atoms with Crippen molar-refractivity contribution in [3.05, 3.63) is 64.7 Å². The molecule has 3 rings (SSSR count). The second-order valence-corrected chi connectivity index (χ2v) is 5.91. The van der Waals surface area contributed by atoms with Gasteiger partial charge in [-0.2, -0.15) is 0 Å². The highest BCUT2D eigenvalue weighted by Gasteiger charge is 2.21. The minimum Gasteiger partial charge on any atom is -0.492 e. The molecule has 1 unspecified atom stereocenters. The topological polar surface area (TPSA) is 21.3 Å². The van der Waals surface area contributed by atoms with E-state index in [0.717, 1.165) is 12.3 Å². The van der Waals surface area contributed by atoms with Crippen molar-refractivity contribution < 1.29 is 4.74 Å². The van der Waals surface area contributed by atoms with E-state index in [1.807, 2.05) is 12.1 Å². The Morgan fingerprint density at radius 3 is 2.81 bits per heavy atom. The van der Waals surface area contributed by atoms with Gasteiger partial charge in [-0.15, -0.1) is 0 Å². The quantitative estimate of drug-likeness (QED) is 0.838. The molecule has 1 atom stereocenters. The highest BCUT2D eigenvalue weighted by atomic mass is 16.5. The number of hydrogen-bond acceptors (Lipinski definition) is 2. The average molecular weight is 281 g/mol. The molecule has 110 valence electrons. The van der Waals surface area contributed by atoms with Crippen LogP contribution in [0, 0.1) is 13.8 Å². The molecule has 0 aromatic heterocycles. The zero-order chi connectivity index (χ0) is 14.7. The van der Waals surface area contributed by atoms with Crippen LogP contribution >= 0.6 is 0 Å². The van der Waals surface area contributed by atoms with Gasteiger partial charge in [0.1, 0.15) is 12.4 Å². The van der Waals surface area contributed by atoms with Crippen LogP contribution < -0.4 is 10.1 Å². The van der Waals surface area contributed by atoms with Crippen LogP contribution in [0.5, 0.6) is 5.75 Å². The predicted molar refractivity (Wildman–Crippen MR) is 86.9 cm³/mol. The van der Waals surface area contributed by atoms with Crippen LogP contribution in [0.2, 0.25) is 0 Å². The molecule has 0 heterocycles. The third-order valence-corrected chi connectivity index (χ3v) is 4.13. The van der Waals surface area contributed by atoms with Gasteiger partial charge in [0.05, 0.1) is 0 Å². The van der Waals surface area contributed by atoms with Crippen LogP contribution in [0.15, 0.2) is 42.5 Å². The number of rotatable bonds is 5. The van der Waals surface area contributed by atoms with Gasteiger partial charge in [0.2, 0.25) is 0 Å². The molecule has 2 heteroatoms. The largest absolute Gasteiger partial charge is 0.492 e. The van der Waals surface area contributed by atoms with E-state index >= 15 is 0 Å². The fourth-order valence-electron chi connectivity index (χ4n) is 3.04. The van der Waals surface area contributed by atoms with E-state index in [-0.39, 0.29) is 0 Å². The first kappa shape index (κ1) is 14.2. The van der Waals surface area contributed by atoms with Gasteiger partial charge in [0.15, 0.2) is 0 Å². The third kappa shape index (κ3) is 3.45. The molecule has 0 bridgehead atoms. The summed E-state index contributed by atoms with van der Waals surface area (Å²) in [5.41, 5.74) is 5.56. The smallest absolute Gasteiger partial charge is 0.119 e. The van der Waals surface area contributed by atoms with E-state index in [9.17, 15) is 0 Å². The molecule has 21 heavy (non-hydrogen) atoms. The first-order chi connectivity index (χ1) is 10.2. The Kier molecular flexibility index (Phi) is 4.26. The zero-order valence-corrected chi connectivity index (χ0v) is 12.9. The van der Waals surface area contributed by atoms with Crippen molar-refractivity contribution in [1.29, 1.82) is 0 Å². The summed E-state index contributed by atoms with van der Waals surface area (Å²) in [6, 6.07) is 15.5. The number of benzene rings is 2. The van der Waals surface area contributed by atoms with Crippen molar-refractivity contribution in [3.63, 3.8) is 0 Å². The Morgan fingerprint density at radius 2 is 1.95 bits per heavy atom. The Hall–Kier alpha value is -1.80. The molecule has 0 amide bonds. The standard InChI is InChI=1S/C19H23NO/c1-14-4-3-5-17(12-14)21-11-10-20-19-9-8-16-7-6-15(2)13-18(16)19/h3-7,12-13,19-20H,8-11H2,1-2H3. The molecule has 2 nitrogen and oxygen atoms in total. The van der Waals surface area contributed by atoms with Crippen LogP contribution in [-0.4, -0.2) is 13.2 Å². The summed E-state index contributed by atoms with van der Waals surface area (Å²) in [5.74, 6) is 0.958. The van der Waals surface area contributed by atoms with Crippen LogP contribution in [-0.2, 0) is 6.42 Å². The van der Waals surface area contributed by atoms with E-state index in [2.05, 4.69) is 49.5 Å². The molecule has 1 aliphatic carbocycles. The lowest BCUT2D eigenvalue weighted by molar-refractivity contribution is 0.305. The molecule has 0 saturated heterocycles. The summed E-state index contributed by atoms with van der Waals surface area (Å²) in [6.45, 7) is 5.84. The molecule has 0 spiro atoms. The van der Waals surface area contributed by atoms with Crippen LogP contribution in [0.25, 0.3) is 0 Å². The monoisotopic (exact) mass is 281 g/mol. The van der Waals surface area contributed by atoms with Crippen LogP contribution in [0.3, 0.4) is 0 Å². The molecule has 1 N–H and O–H groups in total. The molecule has 0 aliphatic heterocycles. The Bertz CT molecular complexity index is 621. The summed E-state index contributed by atoms with van der Waals surface area (Å²) in [7, 11) is 0. The van der Waals surface area contributed by atoms with Gasteiger partial charge < -0.3 is 10.1 Å². The number of hydrogen-bond donors (Lipinski definition) is 1. The summed E-state index contributed by atoms with van der Waals surface area (Å²) < 4.78 is 5.80. The highest BCUT2D eigenvalue weighted by Crippen LogP contribution is 2.31. The van der Waals surface area contributed by atoms with E-state index in [1.165, 1.54) is 35.1 Å². The van der Waals surface area contributed by atoms with Crippen molar-refractivity contribution >= 4 is 0 Å². The zero-order valence-electron chi connectivity index (χ0n) is 12.9. The second-order valence-electron chi connectivity index (χ2n) is 5.91. The van der Waals surface area contributed by atoms with Gasteiger partial charge in [-0.3, -0.25) is 0 Å². The van der Waals surface area contributed by atoms with Gasteiger partial charge in [-0.25, -0.2) is 0 Å². The number of fused-ring (bicyclic) bond motifs is 1. The van der Waals surface area contributed by atoms with Gasteiger partial charge in [0.25, 0.3) is 0 Å². The lowest BCUT2D eigenvalue weighted by Gasteiger charge is -2.15. The van der Waals surface area contributed by atoms with E-state index in [4.69, 9.17) is 4.74 Å². The van der Waals surface area contributed by atoms with Crippen LogP contribution in [0.1, 0.15) is 34.7 Å². The maximum absolute atomic E-state index is 5.80. The van der Waals surface area contributed by atoms with Crippen molar-refractivity contribution in [2.75, 3.05) is 13.2 Å². The normalized spacial score (nSPS) is 16.8. The molecule has 1 aliphatic rings. The van der Waals surface area contributed by atoms with E-state index < -0.39 is 0 Å². The van der Waals surface area contributed by atoms with Gasteiger partial charge in [0, 0.05) is 12.6 Å². The maximum atomic E-state index is 5.80. The summed E-state index contributed by atoms with van der Waals surface area (Å²) in [4.78, 5) is 0. The molecule has 0 fully saturated rings. The van der Waals surface area contributed by atoms with Gasteiger partial charge in [-0.05, 0) is 55.5 Å². The molecular formula is C19H23NO. The van der Waals surface area contributed by atoms with Crippen molar-refractivity contribution in [2.24, 2.45) is 0 Å². The lowest BCUT2D eigenvalue weighted by atomic mass is 10.1. The third-order valence-electron chi connectivity index (χ3n) is 4.13. The average Bonchev–Trinajstić information content (AvgIpc) is 2.86.